The fourth-order valence-electron chi connectivity index (χ4n) is 2.04. The SMILES string of the molecule is C[C@@H](CO)NC(=O)NCc1ccnc(N2CCOCC2)c1. The molecule has 0 aromatic carbocycles. The van der Waals surface area contributed by atoms with Gasteiger partial charge in [0.05, 0.1) is 25.9 Å². The summed E-state index contributed by atoms with van der Waals surface area (Å²) < 4.78 is 5.32. The van der Waals surface area contributed by atoms with E-state index in [2.05, 4.69) is 20.5 Å². The average Bonchev–Trinajstić information content (AvgIpc) is 2.54. The lowest BCUT2D eigenvalue weighted by molar-refractivity contribution is 0.122. The van der Waals surface area contributed by atoms with Crippen molar-refractivity contribution in [3.63, 3.8) is 0 Å². The monoisotopic (exact) mass is 294 g/mol. The number of nitrogens with zero attached hydrogens (tertiary/aromatic N) is 2. The molecule has 1 atom stereocenters. The number of rotatable bonds is 5. The van der Waals surface area contributed by atoms with Crippen LogP contribution in [-0.4, -0.2) is 55.1 Å². The Bertz CT molecular complexity index is 463. The zero-order chi connectivity index (χ0) is 15.1. The largest absolute Gasteiger partial charge is 0.394 e. The summed E-state index contributed by atoms with van der Waals surface area (Å²) in [6.07, 6.45) is 1.75. The molecule has 1 aromatic rings. The van der Waals surface area contributed by atoms with Crippen molar-refractivity contribution >= 4 is 11.8 Å². The van der Waals surface area contributed by atoms with Gasteiger partial charge in [0.25, 0.3) is 0 Å². The second-order valence-electron chi connectivity index (χ2n) is 5.03. The molecule has 1 aliphatic rings. The number of anilines is 1. The molecular formula is C14H22N4O3. The molecule has 21 heavy (non-hydrogen) atoms. The molecule has 1 saturated heterocycles. The fraction of sp³-hybridized carbons (Fsp3) is 0.571. The van der Waals surface area contributed by atoms with Gasteiger partial charge in [0.15, 0.2) is 0 Å². The van der Waals surface area contributed by atoms with Gasteiger partial charge in [-0.2, -0.15) is 0 Å². The van der Waals surface area contributed by atoms with Crippen LogP contribution in [0.15, 0.2) is 18.3 Å². The first-order valence-corrected chi connectivity index (χ1v) is 7.12. The minimum Gasteiger partial charge on any atom is -0.394 e. The first-order valence-electron chi connectivity index (χ1n) is 7.12. The second kappa shape index (κ2) is 7.80. The maximum Gasteiger partial charge on any atom is 0.315 e. The Morgan fingerprint density at radius 3 is 3.00 bits per heavy atom. The van der Waals surface area contributed by atoms with E-state index < -0.39 is 0 Å². The van der Waals surface area contributed by atoms with Gasteiger partial charge in [0.2, 0.25) is 0 Å². The highest BCUT2D eigenvalue weighted by atomic mass is 16.5. The van der Waals surface area contributed by atoms with Crippen molar-refractivity contribution in [1.82, 2.24) is 15.6 Å². The highest BCUT2D eigenvalue weighted by Gasteiger charge is 2.12. The van der Waals surface area contributed by atoms with E-state index in [1.165, 1.54) is 0 Å². The lowest BCUT2D eigenvalue weighted by atomic mass is 10.2. The lowest BCUT2D eigenvalue weighted by Crippen LogP contribution is -2.42. The molecule has 7 nitrogen and oxygen atoms in total. The van der Waals surface area contributed by atoms with Gasteiger partial charge in [-0.05, 0) is 24.6 Å². The molecule has 1 aliphatic heterocycles. The van der Waals surface area contributed by atoms with Crippen molar-refractivity contribution in [3.8, 4) is 0 Å². The van der Waals surface area contributed by atoms with Crippen LogP contribution in [0.4, 0.5) is 10.6 Å². The summed E-state index contributed by atoms with van der Waals surface area (Å²) in [5.41, 5.74) is 0.985. The molecule has 2 rings (SSSR count). The van der Waals surface area contributed by atoms with Crippen LogP contribution in [0.25, 0.3) is 0 Å². The molecule has 0 aliphatic carbocycles. The fourth-order valence-corrected chi connectivity index (χ4v) is 2.04. The van der Waals surface area contributed by atoms with E-state index in [1.807, 2.05) is 12.1 Å². The van der Waals surface area contributed by atoms with E-state index in [9.17, 15) is 4.79 Å². The molecular weight excluding hydrogens is 272 g/mol. The first-order chi connectivity index (χ1) is 10.2. The van der Waals surface area contributed by atoms with Crippen molar-refractivity contribution in [2.45, 2.75) is 19.5 Å². The van der Waals surface area contributed by atoms with Crippen molar-refractivity contribution in [1.29, 1.82) is 0 Å². The van der Waals surface area contributed by atoms with E-state index >= 15 is 0 Å². The molecule has 0 saturated carbocycles. The zero-order valence-corrected chi connectivity index (χ0v) is 12.2. The van der Waals surface area contributed by atoms with Gasteiger partial charge in [-0.1, -0.05) is 0 Å². The number of hydrogen-bond acceptors (Lipinski definition) is 5. The van der Waals surface area contributed by atoms with E-state index in [0.717, 1.165) is 24.5 Å². The molecule has 0 radical (unpaired) electrons. The van der Waals surface area contributed by atoms with Crippen molar-refractivity contribution in [3.05, 3.63) is 23.9 Å². The summed E-state index contributed by atoms with van der Waals surface area (Å²) in [7, 11) is 0. The zero-order valence-electron chi connectivity index (χ0n) is 12.2. The Morgan fingerprint density at radius 2 is 2.29 bits per heavy atom. The predicted molar refractivity (Wildman–Crippen MR) is 79.2 cm³/mol. The number of carbonyl (C=O) groups is 1. The number of aliphatic hydroxyl groups is 1. The van der Waals surface area contributed by atoms with Crippen LogP contribution in [-0.2, 0) is 11.3 Å². The number of urea groups is 1. The molecule has 0 spiro atoms. The van der Waals surface area contributed by atoms with Gasteiger partial charge in [-0.15, -0.1) is 0 Å². The number of aliphatic hydroxyl groups excluding tert-OH is 1. The lowest BCUT2D eigenvalue weighted by Gasteiger charge is -2.28. The number of hydrogen-bond donors (Lipinski definition) is 3. The quantitative estimate of drug-likeness (QED) is 0.717. The van der Waals surface area contributed by atoms with Gasteiger partial charge >= 0.3 is 6.03 Å². The topological polar surface area (TPSA) is 86.7 Å². The average molecular weight is 294 g/mol. The highest BCUT2D eigenvalue weighted by molar-refractivity contribution is 5.74. The Hall–Kier alpha value is -1.86. The van der Waals surface area contributed by atoms with Gasteiger partial charge < -0.3 is 25.4 Å². The third kappa shape index (κ3) is 4.87. The van der Waals surface area contributed by atoms with Gasteiger partial charge in [-0.3, -0.25) is 0 Å². The number of carbonyl (C=O) groups excluding carboxylic acids is 1. The number of pyridine rings is 1. The highest BCUT2D eigenvalue weighted by Crippen LogP contribution is 2.14. The van der Waals surface area contributed by atoms with E-state index in [4.69, 9.17) is 9.84 Å². The maximum absolute atomic E-state index is 11.6. The Labute approximate surface area is 124 Å². The summed E-state index contributed by atoms with van der Waals surface area (Å²) in [4.78, 5) is 18.1. The molecule has 0 unspecified atom stereocenters. The normalized spacial score (nSPS) is 16.4. The molecule has 2 amide bonds. The Balaban J connectivity index is 1.87. The summed E-state index contributed by atoms with van der Waals surface area (Å²) in [6, 6.07) is 3.30. The second-order valence-corrected chi connectivity index (χ2v) is 5.03. The summed E-state index contributed by atoms with van der Waals surface area (Å²) in [6.45, 7) is 5.17. The standard InChI is InChI=1S/C14H22N4O3/c1-11(10-19)17-14(20)16-9-12-2-3-15-13(8-12)18-4-6-21-7-5-18/h2-3,8,11,19H,4-7,9-10H2,1H3,(H2,16,17,20)/t11-/m0/s1. The number of morpholine rings is 1. The first kappa shape index (κ1) is 15.5. The maximum atomic E-state index is 11.6. The molecule has 1 fully saturated rings. The molecule has 1 aromatic heterocycles. The van der Waals surface area contributed by atoms with Gasteiger partial charge in [0.1, 0.15) is 5.82 Å². The van der Waals surface area contributed by atoms with Crippen LogP contribution in [0.2, 0.25) is 0 Å². The van der Waals surface area contributed by atoms with Crippen LogP contribution in [0, 0.1) is 0 Å². The third-order valence-electron chi connectivity index (χ3n) is 3.25. The van der Waals surface area contributed by atoms with Crippen LogP contribution in [0.5, 0.6) is 0 Å². The molecule has 2 heterocycles. The summed E-state index contributed by atoms with van der Waals surface area (Å²) in [5, 5.41) is 14.3. The van der Waals surface area contributed by atoms with Crippen molar-refractivity contribution in [2.24, 2.45) is 0 Å². The molecule has 116 valence electrons. The van der Waals surface area contributed by atoms with Crippen LogP contribution in [0.3, 0.4) is 0 Å². The van der Waals surface area contributed by atoms with Gasteiger partial charge in [-0.25, -0.2) is 9.78 Å². The Morgan fingerprint density at radius 1 is 1.52 bits per heavy atom. The minimum absolute atomic E-state index is 0.0795. The van der Waals surface area contributed by atoms with Crippen LogP contribution >= 0.6 is 0 Å². The van der Waals surface area contributed by atoms with E-state index in [1.54, 1.807) is 13.1 Å². The van der Waals surface area contributed by atoms with Crippen molar-refractivity contribution < 1.29 is 14.6 Å². The van der Waals surface area contributed by atoms with Gasteiger partial charge in [0, 0.05) is 25.8 Å². The summed E-state index contributed by atoms with van der Waals surface area (Å²) in [5.74, 6) is 0.904. The third-order valence-corrected chi connectivity index (χ3v) is 3.25. The number of aromatic nitrogens is 1. The Kier molecular flexibility index (Phi) is 5.77. The molecule has 0 bridgehead atoms. The van der Waals surface area contributed by atoms with Crippen LogP contribution in [0.1, 0.15) is 12.5 Å². The van der Waals surface area contributed by atoms with E-state index in [0.29, 0.717) is 19.8 Å². The van der Waals surface area contributed by atoms with Crippen LogP contribution < -0.4 is 15.5 Å². The summed E-state index contributed by atoms with van der Waals surface area (Å²) >= 11 is 0. The smallest absolute Gasteiger partial charge is 0.315 e. The number of nitrogens with one attached hydrogen (secondary N) is 2. The molecule has 7 heteroatoms. The predicted octanol–water partition coefficient (Wildman–Crippen LogP) is 0.0982. The van der Waals surface area contributed by atoms with Crippen molar-refractivity contribution in [2.75, 3.05) is 37.8 Å². The molecule has 3 N–H and O–H groups in total. The van der Waals surface area contributed by atoms with E-state index in [-0.39, 0.29) is 18.7 Å². The number of amides is 2. The minimum atomic E-state index is -0.290. The number of ether oxygens (including phenoxy) is 1.